The van der Waals surface area contributed by atoms with Crippen LogP contribution in [0.1, 0.15) is 50.5 Å². The number of isocyanates is 1. The van der Waals surface area contributed by atoms with E-state index >= 15 is 0 Å². The Morgan fingerprint density at radius 1 is 1.25 bits per heavy atom. The van der Waals surface area contributed by atoms with Crippen LogP contribution >= 0.6 is 11.6 Å². The molecule has 106 valence electrons. The number of aliphatic imine (C=N–C) groups is 1. The van der Waals surface area contributed by atoms with Gasteiger partial charge in [0.25, 0.3) is 0 Å². The van der Waals surface area contributed by atoms with Crippen molar-refractivity contribution in [2.45, 2.75) is 56.6 Å². The molecule has 2 aliphatic rings. The number of nitrogens with zero attached hydrogens (tertiary/aromatic N) is 1. The lowest BCUT2D eigenvalue weighted by Gasteiger charge is -2.28. The number of halogens is 1. The van der Waals surface area contributed by atoms with E-state index < -0.39 is 5.54 Å². The highest BCUT2D eigenvalue weighted by Gasteiger charge is 2.36. The van der Waals surface area contributed by atoms with Crippen molar-refractivity contribution in [1.82, 2.24) is 0 Å². The van der Waals surface area contributed by atoms with Crippen LogP contribution < -0.4 is 4.74 Å². The normalized spacial score (nSPS) is 21.1. The summed E-state index contributed by atoms with van der Waals surface area (Å²) >= 11 is 6.33. The van der Waals surface area contributed by atoms with Gasteiger partial charge in [0.05, 0.1) is 16.7 Å². The fraction of sp³-hybridized carbons (Fsp3) is 0.562. The predicted octanol–water partition coefficient (Wildman–Crippen LogP) is 4.38. The molecule has 0 unspecified atom stereocenters. The number of benzene rings is 1. The van der Waals surface area contributed by atoms with Crippen LogP contribution in [0.2, 0.25) is 5.02 Å². The summed E-state index contributed by atoms with van der Waals surface area (Å²) < 4.78 is 5.85. The highest BCUT2D eigenvalue weighted by molar-refractivity contribution is 6.32. The summed E-state index contributed by atoms with van der Waals surface area (Å²) in [6, 6.07) is 5.81. The average molecular weight is 292 g/mol. The molecule has 2 fully saturated rings. The van der Waals surface area contributed by atoms with Crippen molar-refractivity contribution in [3.63, 3.8) is 0 Å². The maximum absolute atomic E-state index is 10.7. The van der Waals surface area contributed by atoms with Gasteiger partial charge in [0.1, 0.15) is 5.75 Å². The first-order valence-corrected chi connectivity index (χ1v) is 7.67. The molecule has 3 rings (SSSR count). The first-order valence-electron chi connectivity index (χ1n) is 7.29. The van der Waals surface area contributed by atoms with Crippen LogP contribution in [0.5, 0.6) is 5.75 Å². The van der Waals surface area contributed by atoms with Crippen molar-refractivity contribution in [2.75, 3.05) is 0 Å². The fourth-order valence-corrected chi connectivity index (χ4v) is 3.29. The van der Waals surface area contributed by atoms with Gasteiger partial charge in [-0.1, -0.05) is 30.5 Å². The van der Waals surface area contributed by atoms with Crippen molar-refractivity contribution in [3.05, 3.63) is 28.8 Å². The summed E-state index contributed by atoms with van der Waals surface area (Å²) in [5.41, 5.74) is 0.588. The van der Waals surface area contributed by atoms with Gasteiger partial charge in [-0.3, -0.25) is 0 Å². The molecule has 2 aliphatic carbocycles. The molecule has 3 nitrogen and oxygen atoms in total. The predicted molar refractivity (Wildman–Crippen MR) is 78.0 cm³/mol. The Kier molecular flexibility index (Phi) is 3.82. The smallest absolute Gasteiger partial charge is 0.235 e. The summed E-state index contributed by atoms with van der Waals surface area (Å²) in [5.74, 6) is 0.739. The number of rotatable bonds is 4. The second-order valence-electron chi connectivity index (χ2n) is 5.76. The summed E-state index contributed by atoms with van der Waals surface area (Å²) in [4.78, 5) is 14.8. The van der Waals surface area contributed by atoms with Gasteiger partial charge < -0.3 is 4.74 Å². The Morgan fingerprint density at radius 3 is 2.55 bits per heavy atom. The van der Waals surface area contributed by atoms with E-state index in [4.69, 9.17) is 16.3 Å². The second kappa shape index (κ2) is 5.59. The van der Waals surface area contributed by atoms with Gasteiger partial charge in [-0.25, -0.2) is 4.79 Å². The Balaban J connectivity index is 1.86. The van der Waals surface area contributed by atoms with Gasteiger partial charge in [-0.05, 0) is 49.8 Å². The van der Waals surface area contributed by atoms with Crippen molar-refractivity contribution in [3.8, 4) is 5.75 Å². The zero-order valence-corrected chi connectivity index (χ0v) is 12.2. The average Bonchev–Trinajstić information content (AvgIpc) is 2.85. The molecule has 0 radical (unpaired) electrons. The van der Waals surface area contributed by atoms with Crippen LogP contribution in [0.4, 0.5) is 0 Å². The Bertz CT molecular complexity index is 541. The number of hydrogen-bond donors (Lipinski definition) is 0. The summed E-state index contributed by atoms with van der Waals surface area (Å²) in [7, 11) is 0. The van der Waals surface area contributed by atoms with Crippen LogP contribution in [-0.4, -0.2) is 12.2 Å². The van der Waals surface area contributed by atoms with E-state index in [0.29, 0.717) is 11.1 Å². The molecule has 1 aromatic carbocycles. The van der Waals surface area contributed by atoms with E-state index in [1.807, 2.05) is 18.2 Å². The zero-order chi connectivity index (χ0) is 14.0. The second-order valence-corrected chi connectivity index (χ2v) is 6.16. The quantitative estimate of drug-likeness (QED) is 0.610. The molecule has 0 aliphatic heterocycles. The molecular weight excluding hydrogens is 274 g/mol. The van der Waals surface area contributed by atoms with E-state index in [1.54, 1.807) is 6.08 Å². The SMILES string of the molecule is O=C=NC1(c2ccc(OC3CCC3)c(Cl)c2)CCCC1. The van der Waals surface area contributed by atoms with Crippen molar-refractivity contribution in [2.24, 2.45) is 4.99 Å². The minimum absolute atomic E-state index is 0.312. The van der Waals surface area contributed by atoms with E-state index in [-0.39, 0.29) is 0 Å². The molecule has 2 saturated carbocycles. The molecule has 0 atom stereocenters. The Labute approximate surface area is 124 Å². The third-order valence-electron chi connectivity index (χ3n) is 4.51. The van der Waals surface area contributed by atoms with Crippen molar-refractivity contribution in [1.29, 1.82) is 0 Å². The van der Waals surface area contributed by atoms with Gasteiger partial charge in [0.2, 0.25) is 6.08 Å². The summed E-state index contributed by atoms with van der Waals surface area (Å²) in [5, 5.41) is 0.613. The molecule has 4 heteroatoms. The zero-order valence-electron chi connectivity index (χ0n) is 11.4. The van der Waals surface area contributed by atoms with E-state index in [0.717, 1.165) is 49.8 Å². The fourth-order valence-electron chi connectivity index (χ4n) is 3.07. The molecular formula is C16H18ClNO2. The molecule has 0 bridgehead atoms. The minimum atomic E-state index is -0.416. The van der Waals surface area contributed by atoms with Gasteiger partial charge in [0, 0.05) is 0 Å². The summed E-state index contributed by atoms with van der Waals surface area (Å²) in [6.45, 7) is 0. The molecule has 0 aromatic heterocycles. The molecule has 0 N–H and O–H groups in total. The van der Waals surface area contributed by atoms with Crippen LogP contribution in [0, 0.1) is 0 Å². The van der Waals surface area contributed by atoms with Crippen LogP contribution in [0.15, 0.2) is 23.2 Å². The van der Waals surface area contributed by atoms with Crippen LogP contribution in [-0.2, 0) is 10.3 Å². The molecule has 20 heavy (non-hydrogen) atoms. The molecule has 1 aromatic rings. The third-order valence-corrected chi connectivity index (χ3v) is 4.80. The minimum Gasteiger partial charge on any atom is -0.489 e. The standard InChI is InChI=1S/C16H18ClNO2/c17-14-10-12(16(18-11-19)8-1-2-9-16)6-7-15(14)20-13-4-3-5-13/h6-7,10,13H,1-5,8-9H2. The topological polar surface area (TPSA) is 38.7 Å². The monoisotopic (exact) mass is 291 g/mol. The van der Waals surface area contributed by atoms with Gasteiger partial charge >= 0.3 is 0 Å². The van der Waals surface area contributed by atoms with Crippen LogP contribution in [0.25, 0.3) is 0 Å². The first kappa shape index (κ1) is 13.7. The van der Waals surface area contributed by atoms with Gasteiger partial charge in [0.15, 0.2) is 0 Å². The lowest BCUT2D eigenvalue weighted by molar-refractivity contribution is 0.120. The van der Waals surface area contributed by atoms with E-state index in [2.05, 4.69) is 4.99 Å². The molecule has 0 amide bonds. The largest absolute Gasteiger partial charge is 0.489 e. The molecule has 0 heterocycles. The van der Waals surface area contributed by atoms with Crippen LogP contribution in [0.3, 0.4) is 0 Å². The Hall–Kier alpha value is -1.31. The third kappa shape index (κ3) is 2.48. The highest BCUT2D eigenvalue weighted by atomic mass is 35.5. The van der Waals surface area contributed by atoms with Crippen molar-refractivity contribution >= 4 is 17.7 Å². The number of carbonyl (C=O) groups excluding carboxylic acids is 1. The lowest BCUT2D eigenvalue weighted by atomic mass is 9.89. The number of ether oxygens (including phenoxy) is 1. The van der Waals surface area contributed by atoms with E-state index in [9.17, 15) is 4.79 Å². The van der Waals surface area contributed by atoms with Gasteiger partial charge in [-0.15, -0.1) is 0 Å². The molecule has 0 spiro atoms. The van der Waals surface area contributed by atoms with E-state index in [1.165, 1.54) is 6.42 Å². The van der Waals surface area contributed by atoms with Gasteiger partial charge in [-0.2, -0.15) is 4.99 Å². The Morgan fingerprint density at radius 2 is 2.00 bits per heavy atom. The maximum atomic E-state index is 10.7. The van der Waals surface area contributed by atoms with Crippen molar-refractivity contribution < 1.29 is 9.53 Å². The lowest BCUT2D eigenvalue weighted by Crippen LogP contribution is -2.25. The highest BCUT2D eigenvalue weighted by Crippen LogP contribution is 2.44. The molecule has 0 saturated heterocycles. The first-order chi connectivity index (χ1) is 9.73. The maximum Gasteiger partial charge on any atom is 0.235 e. The number of hydrogen-bond acceptors (Lipinski definition) is 3. The summed E-state index contributed by atoms with van der Waals surface area (Å²) in [6.07, 6.45) is 9.45.